The van der Waals surface area contributed by atoms with Gasteiger partial charge >= 0.3 is 11.5 Å². The second kappa shape index (κ2) is 5.76. The van der Waals surface area contributed by atoms with Crippen LogP contribution in [0.2, 0.25) is 0 Å². The molecule has 1 N–H and O–H groups in total. The molecule has 0 saturated heterocycles. The maximum absolute atomic E-state index is 10.8. The van der Waals surface area contributed by atoms with E-state index in [1.165, 1.54) is 12.3 Å². The number of hydrogen-bond donors (Lipinski definition) is 1. The van der Waals surface area contributed by atoms with E-state index in [1.807, 2.05) is 30.3 Å². The summed E-state index contributed by atoms with van der Waals surface area (Å²) in [5, 5.41) is 10.8. The Kier molecular flexibility index (Phi) is 3.64. The summed E-state index contributed by atoms with van der Waals surface area (Å²) in [5.41, 5.74) is -0.392. The highest BCUT2D eigenvalue weighted by Gasteiger charge is 2.14. The van der Waals surface area contributed by atoms with Gasteiger partial charge in [-0.25, -0.2) is 9.78 Å². The number of carbonyl (C=O) groups is 1. The van der Waals surface area contributed by atoms with Crippen molar-refractivity contribution in [2.75, 3.05) is 0 Å². The van der Waals surface area contributed by atoms with Crippen LogP contribution < -0.4 is 11.0 Å². The van der Waals surface area contributed by atoms with Crippen molar-refractivity contribution in [3.8, 4) is 11.4 Å². The SMILES string of the molecule is O=C(O)c1ccc2ccccc2c1.O=c1nc2ccnc-2c1=O. The molecule has 6 heteroatoms. The molecule has 2 heterocycles. The maximum atomic E-state index is 10.8. The molecule has 2 aliphatic heterocycles. The third-order valence-corrected chi connectivity index (χ3v) is 3.31. The molecule has 0 saturated carbocycles. The zero-order chi connectivity index (χ0) is 16.4. The molecule has 4 rings (SSSR count). The van der Waals surface area contributed by atoms with Crippen LogP contribution in [0, 0.1) is 0 Å². The van der Waals surface area contributed by atoms with E-state index in [0.717, 1.165) is 10.8 Å². The predicted molar refractivity (Wildman–Crippen MR) is 84.5 cm³/mol. The fraction of sp³-hybridized carbons (Fsp3) is 0. The quantitative estimate of drug-likeness (QED) is 0.538. The summed E-state index contributed by atoms with van der Waals surface area (Å²) in [6, 6.07) is 14.3. The van der Waals surface area contributed by atoms with Gasteiger partial charge in [0, 0.05) is 6.20 Å². The molecular formula is C17H10N2O4. The molecule has 0 atom stereocenters. The average molecular weight is 306 g/mol. The van der Waals surface area contributed by atoms with Crippen LogP contribution in [0.15, 0.2) is 64.3 Å². The molecule has 2 aromatic rings. The Labute approximate surface area is 129 Å². The van der Waals surface area contributed by atoms with E-state index in [1.54, 1.807) is 12.1 Å². The third-order valence-electron chi connectivity index (χ3n) is 3.31. The number of aromatic carboxylic acids is 1. The van der Waals surface area contributed by atoms with Crippen molar-refractivity contribution in [3.05, 3.63) is 80.9 Å². The van der Waals surface area contributed by atoms with Gasteiger partial charge in [-0.2, -0.15) is 0 Å². The molecule has 2 aliphatic rings. The average Bonchev–Trinajstić information content (AvgIpc) is 3.11. The largest absolute Gasteiger partial charge is 0.478 e. The number of carboxylic acid groups (broad SMARTS) is 1. The second-order valence-corrected chi connectivity index (χ2v) is 4.79. The Bertz CT molecular complexity index is 1050. The van der Waals surface area contributed by atoms with Crippen LogP contribution in [-0.2, 0) is 0 Å². The molecule has 6 nitrogen and oxygen atoms in total. The summed E-state index contributed by atoms with van der Waals surface area (Å²) in [5.74, 6) is -0.884. The topological polar surface area (TPSA) is 97.2 Å². The van der Waals surface area contributed by atoms with Crippen molar-refractivity contribution in [3.63, 3.8) is 0 Å². The minimum Gasteiger partial charge on any atom is -0.478 e. The smallest absolute Gasteiger partial charge is 0.335 e. The molecule has 0 amide bonds. The van der Waals surface area contributed by atoms with E-state index in [-0.39, 0.29) is 5.69 Å². The number of aromatic nitrogens is 2. The first-order chi connectivity index (χ1) is 11.1. The van der Waals surface area contributed by atoms with Crippen molar-refractivity contribution < 1.29 is 9.90 Å². The first kappa shape index (κ1) is 14.5. The first-order valence-corrected chi connectivity index (χ1v) is 6.70. The van der Waals surface area contributed by atoms with Crippen LogP contribution in [0.25, 0.3) is 22.2 Å². The second-order valence-electron chi connectivity index (χ2n) is 4.79. The number of rotatable bonds is 1. The molecule has 0 radical (unpaired) electrons. The van der Waals surface area contributed by atoms with Gasteiger partial charge in [-0.15, -0.1) is 0 Å². The summed E-state index contributed by atoms with van der Waals surface area (Å²) in [7, 11) is 0. The lowest BCUT2D eigenvalue weighted by molar-refractivity contribution is 0.0697. The molecular weight excluding hydrogens is 296 g/mol. The van der Waals surface area contributed by atoms with Crippen LogP contribution >= 0.6 is 0 Å². The Morgan fingerprint density at radius 1 is 0.957 bits per heavy atom. The molecule has 0 fully saturated rings. The summed E-state index contributed by atoms with van der Waals surface area (Å²) in [6.45, 7) is 0. The highest BCUT2D eigenvalue weighted by Crippen LogP contribution is 2.15. The fourth-order valence-electron chi connectivity index (χ4n) is 2.18. The van der Waals surface area contributed by atoms with Gasteiger partial charge in [0.05, 0.1) is 11.3 Å². The summed E-state index contributed by atoms with van der Waals surface area (Å²) in [4.78, 5) is 39.0. The minimum atomic E-state index is -0.884. The van der Waals surface area contributed by atoms with Gasteiger partial charge in [-0.1, -0.05) is 30.3 Å². The highest BCUT2D eigenvalue weighted by atomic mass is 16.4. The molecule has 2 aromatic carbocycles. The summed E-state index contributed by atoms with van der Waals surface area (Å²) >= 11 is 0. The Hall–Kier alpha value is -3.41. The monoisotopic (exact) mass is 306 g/mol. The Morgan fingerprint density at radius 2 is 1.70 bits per heavy atom. The number of hydrogen-bond acceptors (Lipinski definition) is 5. The van der Waals surface area contributed by atoms with Crippen LogP contribution in [0.5, 0.6) is 0 Å². The van der Waals surface area contributed by atoms with E-state index in [2.05, 4.69) is 9.97 Å². The first-order valence-electron chi connectivity index (χ1n) is 6.70. The van der Waals surface area contributed by atoms with Crippen LogP contribution in [-0.4, -0.2) is 21.0 Å². The number of carboxylic acids is 1. The van der Waals surface area contributed by atoms with Crippen molar-refractivity contribution in [1.29, 1.82) is 0 Å². The molecule has 112 valence electrons. The Balaban J connectivity index is 0.000000140. The van der Waals surface area contributed by atoms with E-state index in [0.29, 0.717) is 11.3 Å². The van der Waals surface area contributed by atoms with Crippen molar-refractivity contribution >= 4 is 16.7 Å². The minimum absolute atomic E-state index is 0.185. The van der Waals surface area contributed by atoms with Gasteiger partial charge in [-0.05, 0) is 29.0 Å². The molecule has 23 heavy (non-hydrogen) atoms. The Morgan fingerprint density at radius 3 is 2.39 bits per heavy atom. The van der Waals surface area contributed by atoms with Gasteiger partial charge in [0.25, 0.3) is 5.43 Å². The number of benzene rings is 2. The van der Waals surface area contributed by atoms with E-state index < -0.39 is 17.0 Å². The standard InChI is InChI=1S/C11H8O2.C6H2N2O2/c12-11(13)10-6-5-8-3-1-2-4-9(8)7-10;9-5-4-3(1-2-7-4)8-6(5)10/h1-7H,(H,12,13);1-2H. The fourth-order valence-corrected chi connectivity index (χ4v) is 2.18. The van der Waals surface area contributed by atoms with Crippen molar-refractivity contribution in [2.24, 2.45) is 0 Å². The van der Waals surface area contributed by atoms with Crippen molar-refractivity contribution in [2.45, 2.75) is 0 Å². The van der Waals surface area contributed by atoms with Crippen molar-refractivity contribution in [1.82, 2.24) is 9.97 Å². The summed E-state index contributed by atoms with van der Waals surface area (Å²) < 4.78 is 0. The third kappa shape index (κ3) is 2.82. The van der Waals surface area contributed by atoms with E-state index in [9.17, 15) is 14.4 Å². The molecule has 0 spiro atoms. The van der Waals surface area contributed by atoms with Crippen LogP contribution in [0.3, 0.4) is 0 Å². The van der Waals surface area contributed by atoms with Crippen LogP contribution in [0.1, 0.15) is 10.4 Å². The molecule has 0 aliphatic carbocycles. The van der Waals surface area contributed by atoms with Crippen LogP contribution in [0.4, 0.5) is 0 Å². The lowest BCUT2D eigenvalue weighted by Gasteiger charge is -1.98. The summed E-state index contributed by atoms with van der Waals surface area (Å²) in [6.07, 6.45) is 1.46. The van der Waals surface area contributed by atoms with Gasteiger partial charge in [0.2, 0.25) is 0 Å². The zero-order valence-corrected chi connectivity index (χ0v) is 11.8. The van der Waals surface area contributed by atoms with Gasteiger partial charge in [0.1, 0.15) is 5.69 Å². The zero-order valence-electron chi connectivity index (χ0n) is 11.8. The lowest BCUT2D eigenvalue weighted by atomic mass is 10.1. The predicted octanol–water partition coefficient (Wildman–Crippen LogP) is 1.72. The molecule has 0 unspecified atom stereocenters. The van der Waals surface area contributed by atoms with Gasteiger partial charge < -0.3 is 5.11 Å². The number of nitrogens with zero attached hydrogens (tertiary/aromatic N) is 2. The van der Waals surface area contributed by atoms with Gasteiger partial charge in [0.15, 0.2) is 0 Å². The van der Waals surface area contributed by atoms with Gasteiger partial charge in [-0.3, -0.25) is 14.6 Å². The number of fused-ring (bicyclic) bond motifs is 2. The maximum Gasteiger partial charge on any atom is 0.335 e. The molecule has 0 bridgehead atoms. The molecule has 0 aromatic heterocycles. The lowest BCUT2D eigenvalue weighted by Crippen LogP contribution is -2.19. The highest BCUT2D eigenvalue weighted by molar-refractivity contribution is 5.94. The van der Waals surface area contributed by atoms with E-state index in [4.69, 9.17) is 5.11 Å². The van der Waals surface area contributed by atoms with E-state index >= 15 is 0 Å². The normalized spacial score (nSPS) is 10.4.